The maximum Gasteiger partial charge on any atom is 0.293 e. The Labute approximate surface area is 159 Å². The first kappa shape index (κ1) is 18.6. The maximum atomic E-state index is 12.1. The highest BCUT2D eigenvalue weighted by Crippen LogP contribution is 2.27. The molecule has 1 N–H and O–H groups in total. The Balaban J connectivity index is 1.63. The van der Waals surface area contributed by atoms with Gasteiger partial charge in [0.25, 0.3) is 10.9 Å². The minimum atomic E-state index is -0.526. The van der Waals surface area contributed by atoms with Crippen molar-refractivity contribution in [1.29, 1.82) is 0 Å². The molecule has 0 saturated carbocycles. The molecule has 0 bridgehead atoms. The second-order valence-corrected chi connectivity index (χ2v) is 6.78. The van der Waals surface area contributed by atoms with Crippen LogP contribution in [0.15, 0.2) is 52.1 Å². The average molecular weight is 384 g/mol. The van der Waals surface area contributed by atoms with Crippen molar-refractivity contribution in [3.05, 3.63) is 63.7 Å². The summed E-state index contributed by atoms with van der Waals surface area (Å²) in [6, 6.07) is 12.3. The van der Waals surface area contributed by atoms with E-state index in [1.807, 2.05) is 31.2 Å². The molecule has 0 aliphatic heterocycles. The molecular formula is C18H16N4O4S. The van der Waals surface area contributed by atoms with E-state index in [9.17, 15) is 14.9 Å². The Hall–Kier alpha value is -3.20. The fourth-order valence-corrected chi connectivity index (χ4v) is 2.94. The minimum Gasteiger partial charge on any atom is -0.411 e. The molecule has 0 aliphatic rings. The van der Waals surface area contributed by atoms with Crippen LogP contribution in [-0.4, -0.2) is 26.8 Å². The second-order valence-electron chi connectivity index (χ2n) is 5.86. The van der Waals surface area contributed by atoms with E-state index in [2.05, 4.69) is 15.5 Å². The number of nitrogens with one attached hydrogen (secondary N) is 1. The van der Waals surface area contributed by atoms with Gasteiger partial charge in [-0.25, -0.2) is 0 Å². The van der Waals surface area contributed by atoms with Gasteiger partial charge in [0.05, 0.1) is 10.7 Å². The fourth-order valence-electron chi connectivity index (χ4n) is 2.37. The highest BCUT2D eigenvalue weighted by atomic mass is 32.2. The van der Waals surface area contributed by atoms with E-state index in [4.69, 9.17) is 4.42 Å². The lowest BCUT2D eigenvalue weighted by atomic mass is 10.1. The number of anilines is 1. The second kappa shape index (κ2) is 8.00. The summed E-state index contributed by atoms with van der Waals surface area (Å²) < 4.78 is 5.56. The summed E-state index contributed by atoms with van der Waals surface area (Å²) in [5.74, 6) is -0.0430. The van der Waals surface area contributed by atoms with Gasteiger partial charge >= 0.3 is 0 Å². The van der Waals surface area contributed by atoms with Gasteiger partial charge in [-0.05, 0) is 37.6 Å². The summed E-state index contributed by atoms with van der Waals surface area (Å²) in [5, 5.41) is 21.8. The van der Waals surface area contributed by atoms with Gasteiger partial charge in [0.15, 0.2) is 0 Å². The van der Waals surface area contributed by atoms with Crippen molar-refractivity contribution in [2.75, 3.05) is 11.1 Å². The Morgan fingerprint density at radius 2 is 1.96 bits per heavy atom. The first-order chi connectivity index (χ1) is 12.9. The van der Waals surface area contributed by atoms with Gasteiger partial charge in [-0.15, -0.1) is 10.2 Å². The van der Waals surface area contributed by atoms with E-state index in [1.165, 1.54) is 12.1 Å². The quantitative estimate of drug-likeness (QED) is 0.388. The monoisotopic (exact) mass is 384 g/mol. The molecule has 0 aliphatic carbocycles. The van der Waals surface area contributed by atoms with Crippen molar-refractivity contribution in [3.63, 3.8) is 0 Å². The average Bonchev–Trinajstić information content (AvgIpc) is 3.10. The zero-order valence-corrected chi connectivity index (χ0v) is 15.4. The maximum absolute atomic E-state index is 12.1. The molecule has 9 heteroatoms. The molecule has 1 amide bonds. The van der Waals surface area contributed by atoms with Crippen molar-refractivity contribution >= 4 is 29.0 Å². The number of carbonyl (C=O) groups is 1. The Morgan fingerprint density at radius 1 is 1.19 bits per heavy atom. The lowest BCUT2D eigenvalue weighted by molar-refractivity contribution is -0.384. The van der Waals surface area contributed by atoms with Crippen LogP contribution in [0, 0.1) is 24.0 Å². The number of benzene rings is 2. The van der Waals surface area contributed by atoms with Gasteiger partial charge in [0.1, 0.15) is 5.69 Å². The topological polar surface area (TPSA) is 111 Å². The van der Waals surface area contributed by atoms with Crippen LogP contribution in [0.5, 0.6) is 0 Å². The number of aromatic nitrogens is 2. The third-order valence-electron chi connectivity index (χ3n) is 3.62. The van der Waals surface area contributed by atoms with E-state index in [0.29, 0.717) is 5.89 Å². The Bertz CT molecular complexity index is 1000. The number of aryl methyl sites for hydroxylation is 2. The van der Waals surface area contributed by atoms with Gasteiger partial charge in [0.2, 0.25) is 11.8 Å². The van der Waals surface area contributed by atoms with Crippen LogP contribution in [0.2, 0.25) is 0 Å². The molecule has 0 fully saturated rings. The van der Waals surface area contributed by atoms with Crippen LogP contribution in [0.1, 0.15) is 11.1 Å². The summed E-state index contributed by atoms with van der Waals surface area (Å²) in [7, 11) is 0. The zero-order chi connectivity index (χ0) is 19.4. The highest BCUT2D eigenvalue weighted by Gasteiger charge is 2.17. The van der Waals surface area contributed by atoms with Crippen molar-refractivity contribution in [1.82, 2.24) is 10.2 Å². The first-order valence-electron chi connectivity index (χ1n) is 8.00. The van der Waals surface area contributed by atoms with Gasteiger partial charge in [-0.3, -0.25) is 14.9 Å². The molecule has 2 aromatic carbocycles. The van der Waals surface area contributed by atoms with Crippen LogP contribution < -0.4 is 5.32 Å². The Kier molecular flexibility index (Phi) is 5.51. The molecule has 0 atom stereocenters. The number of amides is 1. The third kappa shape index (κ3) is 4.70. The number of carbonyl (C=O) groups excluding carboxylic acids is 1. The van der Waals surface area contributed by atoms with Gasteiger partial charge in [-0.2, -0.15) is 0 Å². The normalized spacial score (nSPS) is 10.6. The van der Waals surface area contributed by atoms with Gasteiger partial charge in [-0.1, -0.05) is 35.5 Å². The highest BCUT2D eigenvalue weighted by molar-refractivity contribution is 7.99. The molecule has 27 heavy (non-hydrogen) atoms. The van der Waals surface area contributed by atoms with E-state index in [1.54, 1.807) is 13.0 Å². The number of rotatable bonds is 6. The molecule has 3 rings (SSSR count). The van der Waals surface area contributed by atoms with Crippen LogP contribution in [0.3, 0.4) is 0 Å². The molecule has 0 unspecified atom stereocenters. The Morgan fingerprint density at radius 3 is 2.70 bits per heavy atom. The summed E-state index contributed by atoms with van der Waals surface area (Å²) >= 11 is 1.06. The summed E-state index contributed by atoms with van der Waals surface area (Å²) in [6.45, 7) is 3.71. The summed E-state index contributed by atoms with van der Waals surface area (Å²) in [6.07, 6.45) is 0. The molecular weight excluding hydrogens is 368 g/mol. The first-order valence-corrected chi connectivity index (χ1v) is 8.99. The van der Waals surface area contributed by atoms with E-state index in [0.717, 1.165) is 28.5 Å². The number of hydrogen-bond acceptors (Lipinski definition) is 7. The number of hydrogen-bond donors (Lipinski definition) is 1. The van der Waals surface area contributed by atoms with E-state index in [-0.39, 0.29) is 22.4 Å². The largest absolute Gasteiger partial charge is 0.411 e. The molecule has 1 aromatic heterocycles. The molecule has 8 nitrogen and oxygen atoms in total. The number of thioether (sulfide) groups is 1. The predicted molar refractivity (Wildman–Crippen MR) is 102 cm³/mol. The third-order valence-corrected chi connectivity index (χ3v) is 4.44. The smallest absolute Gasteiger partial charge is 0.293 e. The lowest BCUT2D eigenvalue weighted by Gasteiger charge is -2.05. The molecule has 138 valence electrons. The summed E-state index contributed by atoms with van der Waals surface area (Å²) in [4.78, 5) is 22.7. The fraction of sp³-hybridized carbons (Fsp3) is 0.167. The van der Waals surface area contributed by atoms with Crippen molar-refractivity contribution in [2.45, 2.75) is 19.1 Å². The van der Waals surface area contributed by atoms with Crippen LogP contribution >= 0.6 is 11.8 Å². The SMILES string of the molecule is Cc1cccc(-c2nnc(SCC(=O)Nc3ccc(C)cc3[N+](=O)[O-])o2)c1. The predicted octanol–water partition coefficient (Wildman–Crippen LogP) is 3.99. The standard InChI is InChI=1S/C18H16N4O4S/c1-11-4-3-5-13(8-11)17-20-21-18(26-17)27-10-16(23)19-14-7-6-12(2)9-15(14)22(24)25/h3-9H,10H2,1-2H3,(H,19,23). The van der Waals surface area contributed by atoms with E-state index >= 15 is 0 Å². The summed E-state index contributed by atoms with van der Waals surface area (Å²) in [5.41, 5.74) is 2.62. The molecule has 0 saturated heterocycles. The number of nitrogens with zero attached hydrogens (tertiary/aromatic N) is 3. The zero-order valence-electron chi connectivity index (χ0n) is 14.6. The van der Waals surface area contributed by atoms with Gasteiger partial charge in [0, 0.05) is 11.6 Å². The minimum absolute atomic E-state index is 0.0134. The number of nitro benzene ring substituents is 1. The van der Waals surface area contributed by atoms with Crippen molar-refractivity contribution in [2.24, 2.45) is 0 Å². The molecule has 0 radical (unpaired) electrons. The van der Waals surface area contributed by atoms with Crippen molar-refractivity contribution in [3.8, 4) is 11.5 Å². The van der Waals surface area contributed by atoms with Crippen molar-refractivity contribution < 1.29 is 14.1 Å². The van der Waals surface area contributed by atoms with Crippen LogP contribution in [-0.2, 0) is 4.79 Å². The number of nitro groups is 1. The van der Waals surface area contributed by atoms with Crippen LogP contribution in [0.25, 0.3) is 11.5 Å². The van der Waals surface area contributed by atoms with Gasteiger partial charge < -0.3 is 9.73 Å². The molecule has 1 heterocycles. The van der Waals surface area contributed by atoms with Crippen LogP contribution in [0.4, 0.5) is 11.4 Å². The lowest BCUT2D eigenvalue weighted by Crippen LogP contribution is -2.15. The van der Waals surface area contributed by atoms with E-state index < -0.39 is 10.8 Å². The molecule has 3 aromatic rings. The molecule has 0 spiro atoms.